The van der Waals surface area contributed by atoms with Crippen molar-refractivity contribution in [1.82, 2.24) is 51.0 Å². The number of aliphatic imine (C=N–C) groups is 1. The number of carbonyl (C=O) groups excluding carboxylic acids is 9. The Kier molecular flexibility index (Phi) is 22.9. The highest BCUT2D eigenvalue weighted by molar-refractivity contribution is 9.10. The first kappa shape index (κ1) is 62.9. The van der Waals surface area contributed by atoms with Crippen LogP contribution in [-0.4, -0.2) is 168 Å². The van der Waals surface area contributed by atoms with Crippen LogP contribution in [0.3, 0.4) is 0 Å². The minimum absolute atomic E-state index is 0.0242. The van der Waals surface area contributed by atoms with E-state index in [1.54, 1.807) is 6.07 Å². The molecule has 28 heteroatoms. The quantitative estimate of drug-likeness (QED) is 0.0300. The highest BCUT2D eigenvalue weighted by Crippen LogP contribution is 2.28. The molecule has 4 heterocycles. The summed E-state index contributed by atoms with van der Waals surface area (Å²) in [4.78, 5) is 147. The monoisotopic (exact) mass is 1190 g/mol. The third-order valence-electron chi connectivity index (χ3n) is 13.8. The number of benzene rings is 1. The van der Waals surface area contributed by atoms with Gasteiger partial charge >= 0.3 is 0 Å². The topological polar surface area (TPSA) is 393 Å². The van der Waals surface area contributed by atoms with Crippen LogP contribution in [0.2, 0.25) is 0 Å². The molecule has 434 valence electrons. The molecule has 3 fully saturated rings. The van der Waals surface area contributed by atoms with Crippen LogP contribution in [0.5, 0.6) is 0 Å². The Balaban J connectivity index is 1.23. The van der Waals surface area contributed by atoms with E-state index in [1.165, 1.54) is 58.2 Å². The number of guanidine groups is 1. The summed E-state index contributed by atoms with van der Waals surface area (Å²) in [6, 6.07) is -0.519. The maximum atomic E-state index is 14.6. The van der Waals surface area contributed by atoms with Gasteiger partial charge in [0.1, 0.15) is 53.9 Å². The van der Waals surface area contributed by atoms with Crippen LogP contribution >= 0.6 is 15.9 Å². The lowest BCUT2D eigenvalue weighted by molar-refractivity contribution is -0.148. The molecule has 1 aromatic carbocycles. The number of nitrogens with two attached hydrogens (primary N) is 3. The minimum atomic E-state index is -4.14. The lowest BCUT2D eigenvalue weighted by Crippen LogP contribution is -2.60. The van der Waals surface area contributed by atoms with E-state index in [0.29, 0.717) is 19.3 Å². The standard InChI is InChI=1S/C51H75BrN14O12S/c1-28(2)25-34(61-42(68)30(5)59-45(71)33(15-9-21-57-51(54)55)60-44(70)31-13-8-20-56-43(31)69)49(75)66-24-12-18-39(66)50(76)65-23-11-17-38(65)46(72)62-35(26-29(3)4)48(74)64-22-10-16-37(64)47(73)63-36(41(53)67)27-58-79(77,78)40-19-7-6-14-32(40)52/h6-8,13-14,19-20,28-30,33-39,58H,9-12,15-18,21-27H2,1-5H3,(H2,53,67)(H,56,69)(H,59,71)(H,60,70)(H,61,68)(H,62,72)(H,63,73)(H4,54,55,57)/t30-,33-,34-,35-,36-,37-,38-,39-/m0/s1. The molecule has 3 aliphatic heterocycles. The molecule has 5 rings (SSSR count). The van der Waals surface area contributed by atoms with Gasteiger partial charge in [0.05, 0.1) is 4.90 Å². The van der Waals surface area contributed by atoms with Crippen molar-refractivity contribution in [2.24, 2.45) is 34.0 Å². The molecule has 9 amide bonds. The highest BCUT2D eigenvalue weighted by Gasteiger charge is 2.46. The molecule has 0 unspecified atom stereocenters. The summed E-state index contributed by atoms with van der Waals surface area (Å²) in [6.45, 7) is 8.86. The predicted octanol–water partition coefficient (Wildman–Crippen LogP) is -1.22. The van der Waals surface area contributed by atoms with Crippen molar-refractivity contribution in [3.8, 4) is 0 Å². The number of hydrogen-bond acceptors (Lipinski definition) is 13. The molecule has 0 bridgehead atoms. The van der Waals surface area contributed by atoms with Gasteiger partial charge in [-0.2, -0.15) is 0 Å². The number of likely N-dealkylation sites (tertiary alicyclic amines) is 3. The van der Waals surface area contributed by atoms with Crippen LogP contribution in [0, 0.1) is 11.8 Å². The van der Waals surface area contributed by atoms with Crippen LogP contribution in [0.25, 0.3) is 0 Å². The molecule has 26 nitrogen and oxygen atoms in total. The fraction of sp³-hybridized carbons (Fsp3) is 0.588. The maximum Gasteiger partial charge on any atom is 0.260 e. The van der Waals surface area contributed by atoms with Crippen LogP contribution in [0.4, 0.5) is 0 Å². The molecule has 1 aromatic heterocycles. The van der Waals surface area contributed by atoms with Crippen molar-refractivity contribution in [3.63, 3.8) is 0 Å². The Morgan fingerprint density at radius 1 is 0.684 bits per heavy atom. The van der Waals surface area contributed by atoms with E-state index in [4.69, 9.17) is 17.2 Å². The normalized spacial score (nSPS) is 19.2. The fourth-order valence-electron chi connectivity index (χ4n) is 9.85. The third-order valence-corrected chi connectivity index (χ3v) is 16.2. The molecule has 79 heavy (non-hydrogen) atoms. The van der Waals surface area contributed by atoms with Crippen molar-refractivity contribution >= 4 is 85.1 Å². The van der Waals surface area contributed by atoms with Gasteiger partial charge in [0.15, 0.2) is 5.96 Å². The number of aromatic amines is 1. The Labute approximate surface area is 467 Å². The van der Waals surface area contributed by atoms with Crippen molar-refractivity contribution in [1.29, 1.82) is 0 Å². The largest absolute Gasteiger partial charge is 0.370 e. The van der Waals surface area contributed by atoms with Gasteiger partial charge in [-0.1, -0.05) is 39.8 Å². The van der Waals surface area contributed by atoms with Crippen LogP contribution in [0.1, 0.15) is 109 Å². The van der Waals surface area contributed by atoms with Crippen molar-refractivity contribution in [2.45, 2.75) is 152 Å². The zero-order valence-electron chi connectivity index (χ0n) is 45.1. The second-order valence-corrected chi connectivity index (χ2v) is 23.4. The minimum Gasteiger partial charge on any atom is -0.370 e. The molecule has 0 aliphatic carbocycles. The van der Waals surface area contributed by atoms with E-state index in [-0.39, 0.29) is 104 Å². The Bertz CT molecular complexity index is 2770. The summed E-state index contributed by atoms with van der Waals surface area (Å²) in [6.07, 6.45) is 3.98. The lowest BCUT2D eigenvalue weighted by atomic mass is 10.0. The summed E-state index contributed by atoms with van der Waals surface area (Å²) in [5.74, 6) is -6.67. The molecule has 0 radical (unpaired) electrons. The van der Waals surface area contributed by atoms with Crippen molar-refractivity contribution in [3.05, 3.63) is 63.0 Å². The Morgan fingerprint density at radius 2 is 1.23 bits per heavy atom. The third kappa shape index (κ3) is 17.3. The average molecular weight is 1190 g/mol. The van der Waals surface area contributed by atoms with E-state index < -0.39 is 124 Å². The predicted molar refractivity (Wildman–Crippen MR) is 293 cm³/mol. The van der Waals surface area contributed by atoms with Gasteiger partial charge in [0.2, 0.25) is 57.3 Å². The maximum absolute atomic E-state index is 14.6. The first-order valence-electron chi connectivity index (χ1n) is 26.5. The Morgan fingerprint density at radius 3 is 1.80 bits per heavy atom. The van der Waals surface area contributed by atoms with E-state index in [0.717, 1.165) is 0 Å². The van der Waals surface area contributed by atoms with Gasteiger partial charge in [-0.05, 0) is 123 Å². The summed E-state index contributed by atoms with van der Waals surface area (Å²) < 4.78 is 28.6. The zero-order chi connectivity index (χ0) is 58.3. The summed E-state index contributed by atoms with van der Waals surface area (Å²) in [5.41, 5.74) is 15.5. The van der Waals surface area contributed by atoms with E-state index in [9.17, 15) is 56.4 Å². The van der Waals surface area contributed by atoms with Gasteiger partial charge in [0.25, 0.3) is 11.5 Å². The van der Waals surface area contributed by atoms with Crippen molar-refractivity contribution < 1.29 is 51.6 Å². The molecular weight excluding hydrogens is 1110 g/mol. The molecule has 0 spiro atoms. The summed E-state index contributed by atoms with van der Waals surface area (Å²) in [5, 5.41) is 13.2. The lowest BCUT2D eigenvalue weighted by Gasteiger charge is -2.34. The number of hydrogen-bond donors (Lipinski definition) is 10. The van der Waals surface area contributed by atoms with E-state index in [1.807, 2.05) is 27.7 Å². The smallest absolute Gasteiger partial charge is 0.260 e. The zero-order valence-corrected chi connectivity index (χ0v) is 47.5. The van der Waals surface area contributed by atoms with Gasteiger partial charge < -0.3 is 63.5 Å². The second kappa shape index (κ2) is 28.8. The number of primary amides is 1. The summed E-state index contributed by atoms with van der Waals surface area (Å²) in [7, 11) is -4.14. The highest BCUT2D eigenvalue weighted by atomic mass is 79.9. The first-order valence-corrected chi connectivity index (χ1v) is 28.8. The first-order chi connectivity index (χ1) is 37.3. The number of aromatic nitrogens is 1. The molecule has 3 aliphatic rings. The van der Waals surface area contributed by atoms with Crippen molar-refractivity contribution in [2.75, 3.05) is 32.7 Å². The van der Waals surface area contributed by atoms with Crippen LogP contribution in [-0.2, 0) is 48.4 Å². The number of rotatable bonds is 26. The second-order valence-electron chi connectivity index (χ2n) is 20.8. The molecule has 0 saturated carbocycles. The Hall–Kier alpha value is -6.94. The van der Waals surface area contributed by atoms with Crippen LogP contribution < -0.4 is 54.1 Å². The number of amides is 9. The number of sulfonamides is 1. The number of nitrogens with one attached hydrogen (secondary N) is 7. The molecule has 3 saturated heterocycles. The fourth-order valence-corrected chi connectivity index (χ4v) is 11.9. The van der Waals surface area contributed by atoms with Gasteiger partial charge in [-0.3, -0.25) is 52.9 Å². The molecule has 8 atom stereocenters. The number of carbonyl (C=O) groups is 9. The number of nitrogens with zero attached hydrogens (tertiary/aromatic N) is 4. The van der Waals surface area contributed by atoms with Crippen LogP contribution in [0.15, 0.2) is 61.8 Å². The SMILES string of the molecule is CC(C)C[C@H](NC(=O)[C@@H]1CCCN1C(=O)[C@@H]1CCCN1C(=O)[C@H](CC(C)C)NC(=O)[C@H](C)NC(=O)[C@H](CCCN=C(N)N)NC(=O)c1ccc[nH]c1=O)C(=O)N1CCC[C@H]1C(=O)N[C@@H](CNS(=O)(=O)c1ccccc1Br)C(N)=O. The molecule has 13 N–H and O–H groups in total. The number of pyridine rings is 1. The van der Waals surface area contributed by atoms with Gasteiger partial charge in [-0.15, -0.1) is 0 Å². The number of H-pyrrole nitrogens is 1. The number of halogens is 1. The molecular formula is C51H75BrN14O12S. The van der Waals surface area contributed by atoms with Gasteiger partial charge in [-0.25, -0.2) is 13.1 Å². The van der Waals surface area contributed by atoms with Gasteiger partial charge in [0, 0.05) is 43.4 Å². The molecule has 2 aromatic rings. The average Bonchev–Trinajstić information content (AvgIpc) is 4.22. The summed E-state index contributed by atoms with van der Waals surface area (Å²) >= 11 is 3.19. The van der Waals surface area contributed by atoms with E-state index in [2.05, 4.69) is 57.2 Å². The van der Waals surface area contributed by atoms with E-state index >= 15 is 0 Å².